The summed E-state index contributed by atoms with van der Waals surface area (Å²) in [5.74, 6) is 0. The van der Waals surface area contributed by atoms with E-state index in [1.54, 1.807) is 0 Å². The van der Waals surface area contributed by atoms with Crippen molar-refractivity contribution in [3.8, 4) is 0 Å². The highest BCUT2D eigenvalue weighted by molar-refractivity contribution is 5.41. The second kappa shape index (κ2) is 7.32. The molecule has 0 radical (unpaired) electrons. The number of benzene rings is 2. The summed E-state index contributed by atoms with van der Waals surface area (Å²) >= 11 is 0. The van der Waals surface area contributed by atoms with Gasteiger partial charge in [0.2, 0.25) is 0 Å². The molecule has 0 unspecified atom stereocenters. The third-order valence-corrected chi connectivity index (χ3v) is 2.37. The molecule has 0 bridgehead atoms. The predicted molar refractivity (Wildman–Crippen MR) is 77.5 cm³/mol. The molecule has 2 aromatic rings. The van der Waals surface area contributed by atoms with Crippen LogP contribution in [0.1, 0.15) is 11.1 Å². The van der Waals surface area contributed by atoms with Crippen LogP contribution in [0.4, 0.5) is 11.4 Å². The first-order chi connectivity index (χ1) is 8.65. The Hall–Kier alpha value is -2.04. The fourth-order valence-corrected chi connectivity index (χ4v) is 1.44. The van der Waals surface area contributed by atoms with E-state index in [1.165, 1.54) is 0 Å². The molecule has 0 saturated carbocycles. The zero-order valence-corrected chi connectivity index (χ0v) is 10.3. The van der Waals surface area contributed by atoms with Crippen LogP contribution in [0.25, 0.3) is 0 Å². The molecule has 0 fully saturated rings. The summed E-state index contributed by atoms with van der Waals surface area (Å²) in [7, 11) is 0. The molecule has 0 aromatic heterocycles. The molecule has 0 aliphatic heterocycles. The Kier molecular flexibility index (Phi) is 5.70. The van der Waals surface area contributed by atoms with Crippen LogP contribution in [0.3, 0.4) is 0 Å². The van der Waals surface area contributed by atoms with Gasteiger partial charge in [-0.25, -0.2) is 0 Å². The van der Waals surface area contributed by atoms with Crippen LogP contribution in [0.15, 0.2) is 48.5 Å². The minimum atomic E-state index is 0.561. The van der Waals surface area contributed by atoms with Gasteiger partial charge in [-0.2, -0.15) is 0 Å². The van der Waals surface area contributed by atoms with E-state index in [-0.39, 0.29) is 0 Å². The molecule has 4 nitrogen and oxygen atoms in total. The number of nitrogen functional groups attached to an aromatic ring is 2. The van der Waals surface area contributed by atoms with E-state index >= 15 is 0 Å². The molecule has 4 heteroatoms. The van der Waals surface area contributed by atoms with Gasteiger partial charge in [-0.05, 0) is 35.4 Å². The van der Waals surface area contributed by atoms with Gasteiger partial charge >= 0.3 is 0 Å². The van der Waals surface area contributed by atoms with E-state index in [2.05, 4.69) is 0 Å². The topological polar surface area (TPSA) is 104 Å². The van der Waals surface area contributed by atoms with Crippen LogP contribution in [-0.2, 0) is 13.1 Å². The fraction of sp³-hybridized carbons (Fsp3) is 0.143. The Morgan fingerprint density at radius 3 is 1.28 bits per heavy atom. The van der Waals surface area contributed by atoms with Crippen molar-refractivity contribution in [3.63, 3.8) is 0 Å². The van der Waals surface area contributed by atoms with Crippen LogP contribution in [-0.4, -0.2) is 0 Å². The van der Waals surface area contributed by atoms with Crippen molar-refractivity contribution in [3.05, 3.63) is 59.7 Å². The highest BCUT2D eigenvalue weighted by Crippen LogP contribution is 2.05. The van der Waals surface area contributed by atoms with Gasteiger partial charge in [0, 0.05) is 24.5 Å². The van der Waals surface area contributed by atoms with Crippen molar-refractivity contribution in [1.29, 1.82) is 0 Å². The third kappa shape index (κ3) is 4.86. The van der Waals surface area contributed by atoms with Gasteiger partial charge in [0.1, 0.15) is 0 Å². The summed E-state index contributed by atoms with van der Waals surface area (Å²) in [5.41, 5.74) is 25.4. The first-order valence-electron chi connectivity index (χ1n) is 5.74. The maximum atomic E-state index is 5.48. The first-order valence-corrected chi connectivity index (χ1v) is 5.74. The van der Waals surface area contributed by atoms with Gasteiger partial charge in [0.05, 0.1) is 0 Å². The van der Waals surface area contributed by atoms with Crippen molar-refractivity contribution in [2.75, 3.05) is 11.5 Å². The molecule has 0 saturated heterocycles. The molecule has 2 rings (SSSR count). The lowest BCUT2D eigenvalue weighted by Gasteiger charge is -1.95. The SMILES string of the molecule is NCc1cccc(N)c1.NCc1cccc(N)c1. The molecule has 0 atom stereocenters. The first kappa shape index (κ1) is 14.0. The number of rotatable bonds is 2. The summed E-state index contributed by atoms with van der Waals surface area (Å²) in [6.45, 7) is 1.12. The van der Waals surface area contributed by atoms with Crippen molar-refractivity contribution >= 4 is 11.4 Å². The minimum Gasteiger partial charge on any atom is -0.399 e. The lowest BCUT2D eigenvalue weighted by molar-refractivity contribution is 1.07. The van der Waals surface area contributed by atoms with E-state index in [9.17, 15) is 0 Å². The molecular formula is C14H20N4. The average molecular weight is 244 g/mol. The maximum Gasteiger partial charge on any atom is 0.0317 e. The smallest absolute Gasteiger partial charge is 0.0317 e. The monoisotopic (exact) mass is 244 g/mol. The van der Waals surface area contributed by atoms with Crippen molar-refractivity contribution in [2.45, 2.75) is 13.1 Å². The normalized spacial score (nSPS) is 9.44. The molecule has 96 valence electrons. The zero-order valence-electron chi connectivity index (χ0n) is 10.3. The molecular weight excluding hydrogens is 224 g/mol. The molecule has 0 heterocycles. The molecule has 0 aliphatic carbocycles. The van der Waals surface area contributed by atoms with Crippen molar-refractivity contribution in [2.24, 2.45) is 11.5 Å². The Balaban J connectivity index is 0.000000180. The van der Waals surface area contributed by atoms with E-state index in [1.807, 2.05) is 48.5 Å². The lowest BCUT2D eigenvalue weighted by Crippen LogP contribution is -1.96. The summed E-state index contributed by atoms with van der Waals surface area (Å²) in [4.78, 5) is 0. The Morgan fingerprint density at radius 1 is 0.667 bits per heavy atom. The van der Waals surface area contributed by atoms with Crippen LogP contribution >= 0.6 is 0 Å². The summed E-state index contributed by atoms with van der Waals surface area (Å²) in [6, 6.07) is 15.2. The molecule has 0 aliphatic rings. The number of hydrogen-bond acceptors (Lipinski definition) is 4. The zero-order chi connectivity index (χ0) is 13.4. The lowest BCUT2D eigenvalue weighted by atomic mass is 10.2. The van der Waals surface area contributed by atoms with E-state index in [0.717, 1.165) is 22.5 Å². The third-order valence-electron chi connectivity index (χ3n) is 2.37. The fourth-order valence-electron chi connectivity index (χ4n) is 1.44. The second-order valence-corrected chi connectivity index (χ2v) is 3.90. The number of hydrogen-bond donors (Lipinski definition) is 4. The van der Waals surface area contributed by atoms with E-state index in [4.69, 9.17) is 22.9 Å². The summed E-state index contributed by atoms with van der Waals surface area (Å²) in [6.07, 6.45) is 0. The molecule has 18 heavy (non-hydrogen) atoms. The van der Waals surface area contributed by atoms with Crippen molar-refractivity contribution in [1.82, 2.24) is 0 Å². The van der Waals surface area contributed by atoms with Gasteiger partial charge in [-0.15, -0.1) is 0 Å². The van der Waals surface area contributed by atoms with E-state index in [0.29, 0.717) is 13.1 Å². The van der Waals surface area contributed by atoms with Gasteiger partial charge in [-0.1, -0.05) is 24.3 Å². The Labute approximate surface area is 108 Å². The minimum absolute atomic E-state index is 0.561. The Morgan fingerprint density at radius 2 is 1.06 bits per heavy atom. The van der Waals surface area contributed by atoms with Gasteiger partial charge < -0.3 is 22.9 Å². The molecule has 8 N–H and O–H groups in total. The molecule has 2 aromatic carbocycles. The number of nitrogens with two attached hydrogens (primary N) is 4. The van der Waals surface area contributed by atoms with Gasteiger partial charge in [0.25, 0.3) is 0 Å². The molecule has 0 spiro atoms. The highest BCUT2D eigenvalue weighted by Gasteiger charge is 1.87. The summed E-state index contributed by atoms with van der Waals surface area (Å²) < 4.78 is 0. The average Bonchev–Trinajstić information content (AvgIpc) is 2.39. The molecule has 0 amide bonds. The van der Waals surface area contributed by atoms with Crippen LogP contribution in [0, 0.1) is 0 Å². The van der Waals surface area contributed by atoms with Gasteiger partial charge in [-0.3, -0.25) is 0 Å². The Bertz CT molecular complexity index is 437. The van der Waals surface area contributed by atoms with Crippen molar-refractivity contribution < 1.29 is 0 Å². The largest absolute Gasteiger partial charge is 0.399 e. The quantitative estimate of drug-likeness (QED) is 0.600. The van der Waals surface area contributed by atoms with Crippen LogP contribution in [0.2, 0.25) is 0 Å². The van der Waals surface area contributed by atoms with Crippen LogP contribution < -0.4 is 22.9 Å². The number of anilines is 2. The summed E-state index contributed by atoms with van der Waals surface area (Å²) in [5, 5.41) is 0. The van der Waals surface area contributed by atoms with E-state index < -0.39 is 0 Å². The maximum absolute atomic E-state index is 5.48. The second-order valence-electron chi connectivity index (χ2n) is 3.90. The van der Waals surface area contributed by atoms with Crippen LogP contribution in [0.5, 0.6) is 0 Å². The standard InChI is InChI=1S/2C7H10N2/c2*8-5-6-2-1-3-7(9)4-6/h2*1-4H,5,8-9H2. The predicted octanol–water partition coefficient (Wildman–Crippen LogP) is 1.45. The van der Waals surface area contributed by atoms with Gasteiger partial charge in [0.15, 0.2) is 0 Å². The highest BCUT2D eigenvalue weighted by atomic mass is 14.6.